The minimum atomic E-state index is -2.64. The van der Waals surface area contributed by atoms with E-state index < -0.39 is 52.0 Å². The first-order chi connectivity index (χ1) is 13.9. The van der Waals surface area contributed by atoms with Crippen LogP contribution in [0.2, 0.25) is 0 Å². The van der Waals surface area contributed by atoms with E-state index in [2.05, 4.69) is 0 Å². The quantitative estimate of drug-likeness (QED) is 0.439. The van der Waals surface area contributed by atoms with Gasteiger partial charge in [0.2, 0.25) is 5.78 Å². The maximum absolute atomic E-state index is 13.5. The number of carbonyl (C=O) groups excluding carboxylic acids is 3. The molecule has 0 amide bonds. The summed E-state index contributed by atoms with van der Waals surface area (Å²) in [7, 11) is 0. The van der Waals surface area contributed by atoms with Gasteiger partial charge >= 0.3 is 0 Å². The Kier molecular flexibility index (Phi) is 4.10. The first-order valence-electron chi connectivity index (χ1n) is 9.42. The molecule has 0 unspecified atom stereocenters. The van der Waals surface area contributed by atoms with Gasteiger partial charge in [-0.3, -0.25) is 14.4 Å². The van der Waals surface area contributed by atoms with Crippen LogP contribution in [0.5, 0.6) is 11.5 Å². The van der Waals surface area contributed by atoms with Crippen molar-refractivity contribution in [1.82, 2.24) is 0 Å². The molecule has 8 nitrogen and oxygen atoms in total. The summed E-state index contributed by atoms with van der Waals surface area (Å²) in [6.07, 6.45) is -0.0936. The van der Waals surface area contributed by atoms with Crippen LogP contribution in [0.3, 0.4) is 0 Å². The second kappa shape index (κ2) is 6.13. The van der Waals surface area contributed by atoms with Crippen molar-refractivity contribution in [1.29, 1.82) is 0 Å². The van der Waals surface area contributed by atoms with Gasteiger partial charge in [0.25, 0.3) is 0 Å². The monoisotopic (exact) mass is 411 g/mol. The molecule has 0 heterocycles. The van der Waals surface area contributed by atoms with Crippen LogP contribution in [0.15, 0.2) is 23.5 Å². The summed E-state index contributed by atoms with van der Waals surface area (Å²) in [6, 6.07) is 1.97. The number of hydrogen-bond acceptors (Lipinski definition) is 8. The predicted octanol–water partition coefficient (Wildman–Crippen LogP) is 1.27. The standard InChI is InChI=1S/C22H21NO7/c1-7-4-5-10-8(2)11-6-12-16(23)19(27)13(9(3)24)20(28)22(12,30)21(29)15(11)18(26)14(10)17(7)25/h4-5,12,16,25-26,28,30H,6,23H2,1-3H3/t12-,16+,22+/m0/s1. The van der Waals surface area contributed by atoms with E-state index in [1.54, 1.807) is 26.0 Å². The van der Waals surface area contributed by atoms with Crippen molar-refractivity contribution < 1.29 is 34.8 Å². The van der Waals surface area contributed by atoms with Crippen LogP contribution in [0.25, 0.3) is 10.8 Å². The van der Waals surface area contributed by atoms with E-state index in [4.69, 9.17) is 5.73 Å². The highest BCUT2D eigenvalue weighted by Crippen LogP contribution is 2.50. The number of rotatable bonds is 1. The molecular formula is C22H21NO7. The lowest BCUT2D eigenvalue weighted by Gasteiger charge is -2.45. The van der Waals surface area contributed by atoms with Gasteiger partial charge in [0, 0.05) is 5.92 Å². The van der Waals surface area contributed by atoms with Crippen molar-refractivity contribution in [2.75, 3.05) is 0 Å². The number of aliphatic hydroxyl groups excluding tert-OH is 1. The lowest BCUT2D eigenvalue weighted by molar-refractivity contribution is -0.127. The van der Waals surface area contributed by atoms with E-state index in [-0.39, 0.29) is 23.1 Å². The van der Waals surface area contributed by atoms with E-state index in [9.17, 15) is 34.8 Å². The number of aliphatic hydroxyl groups is 2. The van der Waals surface area contributed by atoms with Gasteiger partial charge in [-0.15, -0.1) is 0 Å². The molecule has 4 rings (SSSR count). The molecule has 0 fully saturated rings. The minimum absolute atomic E-state index is 0.0492. The Morgan fingerprint density at radius 1 is 1.13 bits per heavy atom. The molecule has 30 heavy (non-hydrogen) atoms. The first-order valence-corrected chi connectivity index (χ1v) is 9.42. The van der Waals surface area contributed by atoms with E-state index in [1.165, 1.54) is 0 Å². The van der Waals surface area contributed by atoms with E-state index >= 15 is 0 Å². The van der Waals surface area contributed by atoms with Crippen LogP contribution >= 0.6 is 0 Å². The molecule has 2 aromatic rings. The summed E-state index contributed by atoms with van der Waals surface area (Å²) >= 11 is 0. The van der Waals surface area contributed by atoms with Crippen LogP contribution in [0.4, 0.5) is 0 Å². The molecule has 2 aromatic carbocycles. The number of aromatic hydroxyl groups is 2. The average Bonchev–Trinajstić information content (AvgIpc) is 2.68. The Labute approximate surface area is 171 Å². The number of phenols is 2. The second-order valence-corrected chi connectivity index (χ2v) is 8.06. The number of hydrogen-bond donors (Lipinski definition) is 5. The first kappa shape index (κ1) is 20.1. The molecule has 2 aliphatic carbocycles. The van der Waals surface area contributed by atoms with Gasteiger partial charge in [-0.1, -0.05) is 12.1 Å². The van der Waals surface area contributed by atoms with Crippen LogP contribution < -0.4 is 5.73 Å². The van der Waals surface area contributed by atoms with Crippen molar-refractivity contribution >= 4 is 28.1 Å². The van der Waals surface area contributed by atoms with Gasteiger partial charge in [-0.05, 0) is 49.3 Å². The van der Waals surface area contributed by atoms with E-state index in [0.717, 1.165) is 6.92 Å². The molecule has 0 aromatic heterocycles. The average molecular weight is 411 g/mol. The number of Topliss-reactive ketones (excluding diaryl/α,β-unsaturated/α-hetero) is 3. The molecule has 0 spiro atoms. The number of fused-ring (bicyclic) bond motifs is 3. The number of carbonyl (C=O) groups is 3. The van der Waals surface area contributed by atoms with Gasteiger partial charge in [0.1, 0.15) is 22.8 Å². The highest BCUT2D eigenvalue weighted by Gasteiger charge is 2.60. The number of ketones is 3. The molecule has 3 atom stereocenters. The van der Waals surface area contributed by atoms with E-state index in [1.807, 2.05) is 0 Å². The summed E-state index contributed by atoms with van der Waals surface area (Å²) in [5.41, 5.74) is 3.80. The van der Waals surface area contributed by atoms with Crippen molar-refractivity contribution in [3.05, 3.63) is 45.7 Å². The third kappa shape index (κ3) is 2.20. The number of aryl methyl sites for hydroxylation is 2. The Balaban J connectivity index is 2.11. The van der Waals surface area contributed by atoms with Gasteiger partial charge in [0.15, 0.2) is 17.2 Å². The SMILES string of the molecule is CC(=O)C1=C(O)[C@@]2(O)C(=O)c3c(c(C)c4ccc(C)c(O)c4c3O)C[C@H]2[C@@H](N)C1=O. The fraction of sp³-hybridized carbons (Fsp3) is 0.318. The molecule has 0 saturated heterocycles. The minimum Gasteiger partial charge on any atom is -0.508 e. The predicted molar refractivity (Wildman–Crippen MR) is 107 cm³/mol. The summed E-state index contributed by atoms with van der Waals surface area (Å²) in [5, 5.41) is 43.9. The third-order valence-corrected chi connectivity index (χ3v) is 6.48. The fourth-order valence-corrected chi connectivity index (χ4v) is 4.76. The third-order valence-electron chi connectivity index (χ3n) is 6.48. The molecule has 0 bridgehead atoms. The summed E-state index contributed by atoms with van der Waals surface area (Å²) in [5.74, 6) is -5.76. The van der Waals surface area contributed by atoms with Gasteiger partial charge in [-0.2, -0.15) is 0 Å². The Bertz CT molecular complexity index is 1230. The smallest absolute Gasteiger partial charge is 0.206 e. The zero-order chi connectivity index (χ0) is 22.3. The summed E-state index contributed by atoms with van der Waals surface area (Å²) in [6.45, 7) is 4.35. The molecule has 156 valence electrons. The van der Waals surface area contributed by atoms with Gasteiger partial charge < -0.3 is 26.2 Å². The Morgan fingerprint density at radius 3 is 2.37 bits per heavy atom. The molecule has 0 radical (unpaired) electrons. The number of nitrogens with two attached hydrogens (primary N) is 1. The van der Waals surface area contributed by atoms with Crippen molar-refractivity contribution in [2.24, 2.45) is 11.7 Å². The highest BCUT2D eigenvalue weighted by atomic mass is 16.3. The summed E-state index contributed by atoms with van der Waals surface area (Å²) in [4.78, 5) is 37.9. The molecule has 0 aliphatic heterocycles. The Morgan fingerprint density at radius 2 is 1.77 bits per heavy atom. The zero-order valence-electron chi connectivity index (χ0n) is 16.6. The molecule has 6 N–H and O–H groups in total. The highest BCUT2D eigenvalue weighted by molar-refractivity contribution is 6.25. The van der Waals surface area contributed by atoms with Crippen LogP contribution in [0.1, 0.15) is 34.0 Å². The van der Waals surface area contributed by atoms with Crippen molar-refractivity contribution in [3.63, 3.8) is 0 Å². The molecule has 0 saturated carbocycles. The molecule has 8 heteroatoms. The fourth-order valence-electron chi connectivity index (χ4n) is 4.76. The Hall–Kier alpha value is -3.23. The van der Waals surface area contributed by atoms with Gasteiger partial charge in [-0.25, -0.2) is 0 Å². The summed E-state index contributed by atoms with van der Waals surface area (Å²) < 4.78 is 0. The van der Waals surface area contributed by atoms with E-state index in [0.29, 0.717) is 22.1 Å². The van der Waals surface area contributed by atoms with Crippen molar-refractivity contribution in [3.8, 4) is 11.5 Å². The maximum Gasteiger partial charge on any atom is 0.206 e. The zero-order valence-corrected chi connectivity index (χ0v) is 16.6. The maximum atomic E-state index is 13.5. The number of benzene rings is 2. The van der Waals surface area contributed by atoms with Crippen LogP contribution in [0, 0.1) is 19.8 Å². The molecular weight excluding hydrogens is 390 g/mol. The normalized spacial score (nSPS) is 26.0. The number of phenolic OH excluding ortho intramolecular Hbond substituents is 2. The van der Waals surface area contributed by atoms with Crippen LogP contribution in [-0.2, 0) is 16.0 Å². The second-order valence-electron chi connectivity index (χ2n) is 8.06. The van der Waals surface area contributed by atoms with Crippen molar-refractivity contribution in [2.45, 2.75) is 38.8 Å². The topological polar surface area (TPSA) is 158 Å². The van der Waals surface area contributed by atoms with Crippen LogP contribution in [-0.4, -0.2) is 49.4 Å². The largest absolute Gasteiger partial charge is 0.508 e. The lowest BCUT2D eigenvalue weighted by atomic mass is 9.61. The van der Waals surface area contributed by atoms with Gasteiger partial charge in [0.05, 0.1) is 17.0 Å². The lowest BCUT2D eigenvalue weighted by Crippen LogP contribution is -2.63. The molecule has 2 aliphatic rings.